The lowest BCUT2D eigenvalue weighted by molar-refractivity contribution is -0.191. The zero-order chi connectivity index (χ0) is 15.8. The van der Waals surface area contributed by atoms with E-state index in [0.717, 1.165) is 31.9 Å². The lowest BCUT2D eigenvalue weighted by Crippen LogP contribution is -2.62. The van der Waals surface area contributed by atoms with Gasteiger partial charge in [-0.3, -0.25) is 4.79 Å². The molecule has 116 valence electrons. The molecular weight excluding hydrogens is 305 g/mol. The summed E-state index contributed by atoms with van der Waals surface area (Å²) in [6.07, 6.45) is 1.58. The first-order chi connectivity index (χ1) is 9.26. The second kappa shape index (κ2) is 9.41. The Kier molecular flexibility index (Phi) is 9.16. The zero-order valence-corrected chi connectivity index (χ0v) is 13.1. The predicted molar refractivity (Wildman–Crippen MR) is 74.7 cm³/mol. The van der Waals surface area contributed by atoms with Gasteiger partial charge in [-0.05, 0) is 30.1 Å². The van der Waals surface area contributed by atoms with E-state index in [1.165, 1.54) is 0 Å². The highest BCUT2D eigenvalue weighted by molar-refractivity contribution is 7.80. The quantitative estimate of drug-likeness (QED) is 0.220. The fourth-order valence-corrected chi connectivity index (χ4v) is 2.34. The number of Topliss-reactive ketones (excluding diaryl/α,β-unsaturated/α-hetero) is 1. The summed E-state index contributed by atoms with van der Waals surface area (Å²) in [6, 6.07) is 0. The highest BCUT2D eigenvalue weighted by atomic mass is 32.1. The average Bonchev–Trinajstić information content (AvgIpc) is 2.35. The number of unbranched alkanes of at least 4 members (excludes halogenated alkanes) is 3. The maximum Gasteiger partial charge on any atom is 0.488 e. The molecule has 0 aromatic carbocycles. The van der Waals surface area contributed by atoms with Crippen LogP contribution >= 0.6 is 20.9 Å². The summed E-state index contributed by atoms with van der Waals surface area (Å²) in [6.45, 7) is 1.15. The molecular formula is C11H20NO6PS. The molecule has 3 atom stereocenters. The maximum absolute atomic E-state index is 12.0. The third-order valence-corrected chi connectivity index (χ3v) is 3.82. The normalized spacial score (nSPS) is 16.3. The minimum absolute atomic E-state index is 0.0291. The van der Waals surface area contributed by atoms with Gasteiger partial charge in [-0.15, -0.1) is 4.52 Å². The molecule has 0 amide bonds. The number of carboxylic acid groups (broad SMARTS) is 1. The van der Waals surface area contributed by atoms with Crippen LogP contribution in [0.5, 0.6) is 0 Å². The molecule has 0 saturated heterocycles. The lowest BCUT2D eigenvalue weighted by Gasteiger charge is -2.26. The van der Waals surface area contributed by atoms with Gasteiger partial charge in [0.1, 0.15) is 6.10 Å². The van der Waals surface area contributed by atoms with Gasteiger partial charge in [0.05, 0.1) is 0 Å². The number of ketones is 1. The van der Waals surface area contributed by atoms with Crippen LogP contribution in [0.2, 0.25) is 0 Å². The molecule has 0 saturated carbocycles. The molecule has 0 aromatic rings. The van der Waals surface area contributed by atoms with Crippen molar-refractivity contribution in [2.75, 3.05) is 5.75 Å². The van der Waals surface area contributed by atoms with Crippen LogP contribution in [-0.2, 0) is 18.7 Å². The van der Waals surface area contributed by atoms with Gasteiger partial charge in [-0.2, -0.15) is 12.6 Å². The third-order valence-electron chi connectivity index (χ3n) is 3.01. The van der Waals surface area contributed by atoms with Crippen LogP contribution in [0, 0.1) is 0 Å². The van der Waals surface area contributed by atoms with Gasteiger partial charge in [0, 0.05) is 6.42 Å². The van der Waals surface area contributed by atoms with Crippen LogP contribution in [0.4, 0.5) is 0 Å². The first-order valence-electron chi connectivity index (χ1n) is 6.24. The number of hydrogen-bond donors (Lipinski definition) is 3. The van der Waals surface area contributed by atoms with Gasteiger partial charge in [-0.25, -0.2) is 4.79 Å². The van der Waals surface area contributed by atoms with Crippen LogP contribution in [0.3, 0.4) is 0 Å². The fraction of sp³-hybridized carbons (Fsp3) is 0.818. The molecule has 0 aliphatic carbocycles. The number of carboxylic acids is 1. The summed E-state index contributed by atoms with van der Waals surface area (Å²) >= 11 is 4.06. The molecule has 0 heterocycles. The number of rotatable bonds is 11. The number of carbonyl (C=O) groups excluding carboxylic acids is 1. The van der Waals surface area contributed by atoms with E-state index >= 15 is 0 Å². The minimum atomic E-state index is -3.28. The molecule has 0 aliphatic heterocycles. The summed E-state index contributed by atoms with van der Waals surface area (Å²) in [7, 11) is -3.28. The molecule has 7 nitrogen and oxygen atoms in total. The van der Waals surface area contributed by atoms with E-state index < -0.39 is 31.7 Å². The zero-order valence-electron chi connectivity index (χ0n) is 11.3. The monoisotopic (exact) mass is 325 g/mol. The van der Waals surface area contributed by atoms with Crippen LogP contribution in [0.15, 0.2) is 0 Å². The van der Waals surface area contributed by atoms with E-state index in [2.05, 4.69) is 17.2 Å². The van der Waals surface area contributed by atoms with Crippen molar-refractivity contribution in [1.82, 2.24) is 0 Å². The molecule has 0 spiro atoms. The van der Waals surface area contributed by atoms with Crippen LogP contribution in [0.1, 0.15) is 39.0 Å². The summed E-state index contributed by atoms with van der Waals surface area (Å²) in [5, 5.41) is 9.09. The number of aliphatic carboxylic acids is 1. The van der Waals surface area contributed by atoms with Crippen molar-refractivity contribution in [3.8, 4) is 0 Å². The van der Waals surface area contributed by atoms with Crippen molar-refractivity contribution in [2.24, 2.45) is 5.73 Å². The lowest BCUT2D eigenvalue weighted by atomic mass is 9.87. The molecule has 0 rings (SSSR count). The largest absolute Gasteiger partial charge is 0.566 e. The molecule has 0 fully saturated rings. The van der Waals surface area contributed by atoms with E-state index in [0.29, 0.717) is 6.42 Å². The minimum Gasteiger partial charge on any atom is -0.566 e. The van der Waals surface area contributed by atoms with Gasteiger partial charge >= 0.3 is 14.2 Å². The van der Waals surface area contributed by atoms with Crippen molar-refractivity contribution in [3.63, 3.8) is 0 Å². The Bertz CT molecular complexity index is 367. The Morgan fingerprint density at radius 3 is 2.40 bits per heavy atom. The molecule has 9 heteroatoms. The molecule has 20 heavy (non-hydrogen) atoms. The van der Waals surface area contributed by atoms with Gasteiger partial charge in [0.2, 0.25) is 5.54 Å². The van der Waals surface area contributed by atoms with Gasteiger partial charge in [0.25, 0.3) is 0 Å². The van der Waals surface area contributed by atoms with E-state index in [-0.39, 0.29) is 6.42 Å². The summed E-state index contributed by atoms with van der Waals surface area (Å²) in [5.41, 5.74) is 3.22. The second-order valence-electron chi connectivity index (χ2n) is 4.46. The molecule has 0 radical (unpaired) electrons. The van der Waals surface area contributed by atoms with Crippen molar-refractivity contribution < 1.29 is 28.7 Å². The highest BCUT2D eigenvalue weighted by Crippen LogP contribution is 2.23. The maximum atomic E-state index is 12.0. The standard InChI is InChI=1S/C11H20NO6PS/c1-8(18-19(16)17)11(12,10(14)15)9(13)6-4-2-3-5-7-20/h8,20H,2-7,12H2,1H3,(H,14,15)/t8?,11-/m1/s1. The first kappa shape index (κ1) is 19.5. The Labute approximate surface area is 124 Å². The smallest absolute Gasteiger partial charge is 0.488 e. The number of nitrogens with two attached hydrogens (primary N) is 1. The van der Waals surface area contributed by atoms with Crippen molar-refractivity contribution in [3.05, 3.63) is 0 Å². The fourth-order valence-electron chi connectivity index (χ4n) is 1.69. The van der Waals surface area contributed by atoms with Crippen LogP contribution in [-0.4, -0.2) is 34.3 Å². The van der Waals surface area contributed by atoms with Crippen LogP contribution in [0.25, 0.3) is 0 Å². The Morgan fingerprint density at radius 2 is 1.95 bits per heavy atom. The second-order valence-corrected chi connectivity index (χ2v) is 5.56. The van der Waals surface area contributed by atoms with Crippen molar-refractivity contribution >= 4 is 32.6 Å². The Balaban J connectivity index is 4.60. The summed E-state index contributed by atoms with van der Waals surface area (Å²) < 4.78 is 14.8. The molecule has 0 bridgehead atoms. The van der Waals surface area contributed by atoms with Gasteiger partial charge in [0.15, 0.2) is 5.78 Å². The SMILES string of the molecule is CC(O[P+](=O)[O-])[C@](N)(C(=O)O)C(=O)CCCCCCS. The van der Waals surface area contributed by atoms with E-state index in [4.69, 9.17) is 10.8 Å². The topological polar surface area (TPSA) is 130 Å². The van der Waals surface area contributed by atoms with Crippen LogP contribution < -0.4 is 10.6 Å². The number of hydrogen-bond acceptors (Lipinski definition) is 7. The molecule has 2 unspecified atom stereocenters. The Morgan fingerprint density at radius 1 is 1.40 bits per heavy atom. The number of carbonyl (C=O) groups is 2. The molecule has 0 aromatic heterocycles. The van der Waals surface area contributed by atoms with Crippen molar-refractivity contribution in [2.45, 2.75) is 50.7 Å². The average molecular weight is 325 g/mol. The Hall–Kier alpha value is -0.530. The molecule has 0 aliphatic rings. The van der Waals surface area contributed by atoms with Gasteiger partial charge in [-0.1, -0.05) is 12.8 Å². The predicted octanol–water partition coefficient (Wildman–Crippen LogP) is 0.641. The third kappa shape index (κ3) is 5.85. The molecule has 3 N–H and O–H groups in total. The van der Waals surface area contributed by atoms with E-state index in [9.17, 15) is 19.0 Å². The summed E-state index contributed by atoms with van der Waals surface area (Å²) in [4.78, 5) is 33.6. The first-order valence-corrected chi connectivity index (χ1v) is 7.97. The van der Waals surface area contributed by atoms with Gasteiger partial charge < -0.3 is 15.7 Å². The van der Waals surface area contributed by atoms with Crippen molar-refractivity contribution in [1.29, 1.82) is 0 Å². The van der Waals surface area contributed by atoms with E-state index in [1.54, 1.807) is 0 Å². The highest BCUT2D eigenvalue weighted by Gasteiger charge is 2.49. The van der Waals surface area contributed by atoms with E-state index in [1.807, 2.05) is 0 Å². The summed E-state index contributed by atoms with van der Waals surface area (Å²) in [5.74, 6) is -1.58. The number of thiol groups is 1.